The van der Waals surface area contributed by atoms with E-state index in [1.807, 2.05) is 0 Å². The molecule has 2 aromatic rings. The van der Waals surface area contributed by atoms with E-state index in [9.17, 15) is 4.79 Å². The van der Waals surface area contributed by atoms with Crippen LogP contribution in [0.3, 0.4) is 0 Å². The summed E-state index contributed by atoms with van der Waals surface area (Å²) in [5.74, 6) is 0.681. The largest absolute Gasteiger partial charge is 0.495 e. The Hall–Kier alpha value is -1.72. The van der Waals surface area contributed by atoms with E-state index in [0.29, 0.717) is 27.8 Å². The van der Waals surface area contributed by atoms with Crippen molar-refractivity contribution in [2.45, 2.75) is 0 Å². The minimum absolute atomic E-state index is 0.245. The standard InChI is InChI=1S/C15H13BrClNO3/c1-20-13-8-12(14(21-2)7-11(13)17)18-15(19)9-3-5-10(16)6-4-9/h3-8H,1-2H3,(H,18,19). The van der Waals surface area contributed by atoms with E-state index in [1.54, 1.807) is 36.4 Å². The first-order chi connectivity index (χ1) is 10.0. The van der Waals surface area contributed by atoms with Gasteiger partial charge in [-0.05, 0) is 24.3 Å². The molecule has 21 heavy (non-hydrogen) atoms. The highest BCUT2D eigenvalue weighted by Gasteiger charge is 2.13. The van der Waals surface area contributed by atoms with Gasteiger partial charge in [0.2, 0.25) is 0 Å². The van der Waals surface area contributed by atoms with E-state index in [-0.39, 0.29) is 5.91 Å². The summed E-state index contributed by atoms with van der Waals surface area (Å²) < 4.78 is 11.3. The van der Waals surface area contributed by atoms with Crippen molar-refractivity contribution < 1.29 is 14.3 Å². The van der Waals surface area contributed by atoms with Gasteiger partial charge in [0.05, 0.1) is 24.9 Å². The van der Waals surface area contributed by atoms with Crippen LogP contribution in [-0.2, 0) is 0 Å². The zero-order chi connectivity index (χ0) is 15.4. The number of nitrogens with one attached hydrogen (secondary N) is 1. The van der Waals surface area contributed by atoms with Crippen molar-refractivity contribution in [1.82, 2.24) is 0 Å². The molecule has 2 aromatic carbocycles. The van der Waals surface area contributed by atoms with Gasteiger partial charge in [0.1, 0.15) is 11.5 Å². The highest BCUT2D eigenvalue weighted by Crippen LogP contribution is 2.36. The van der Waals surface area contributed by atoms with Crippen molar-refractivity contribution in [1.29, 1.82) is 0 Å². The first-order valence-electron chi connectivity index (χ1n) is 6.03. The van der Waals surface area contributed by atoms with Crippen molar-refractivity contribution in [2.75, 3.05) is 19.5 Å². The third-order valence-corrected chi connectivity index (χ3v) is 3.65. The van der Waals surface area contributed by atoms with Gasteiger partial charge in [-0.25, -0.2) is 0 Å². The third-order valence-electron chi connectivity index (χ3n) is 2.83. The van der Waals surface area contributed by atoms with E-state index < -0.39 is 0 Å². The molecule has 1 N–H and O–H groups in total. The molecule has 0 unspecified atom stereocenters. The van der Waals surface area contributed by atoms with Gasteiger partial charge in [-0.3, -0.25) is 4.79 Å². The van der Waals surface area contributed by atoms with Crippen LogP contribution >= 0.6 is 27.5 Å². The Morgan fingerprint density at radius 3 is 2.29 bits per heavy atom. The fourth-order valence-electron chi connectivity index (χ4n) is 1.75. The van der Waals surface area contributed by atoms with Crippen LogP contribution in [0.1, 0.15) is 10.4 Å². The van der Waals surface area contributed by atoms with Crippen LogP contribution in [0.15, 0.2) is 40.9 Å². The molecule has 0 saturated carbocycles. The molecular formula is C15H13BrClNO3. The summed E-state index contributed by atoms with van der Waals surface area (Å²) in [6.07, 6.45) is 0. The lowest BCUT2D eigenvalue weighted by molar-refractivity contribution is 0.102. The van der Waals surface area contributed by atoms with E-state index in [2.05, 4.69) is 21.2 Å². The molecule has 0 aliphatic rings. The van der Waals surface area contributed by atoms with Gasteiger partial charge in [-0.1, -0.05) is 27.5 Å². The van der Waals surface area contributed by atoms with Gasteiger partial charge in [-0.15, -0.1) is 0 Å². The van der Waals surface area contributed by atoms with Gasteiger partial charge in [0.25, 0.3) is 5.91 Å². The topological polar surface area (TPSA) is 47.6 Å². The number of ether oxygens (including phenoxy) is 2. The number of amides is 1. The maximum atomic E-state index is 12.2. The number of carbonyl (C=O) groups is 1. The van der Waals surface area contributed by atoms with Crippen LogP contribution < -0.4 is 14.8 Å². The maximum absolute atomic E-state index is 12.2. The Labute approximate surface area is 136 Å². The first-order valence-corrected chi connectivity index (χ1v) is 7.20. The van der Waals surface area contributed by atoms with Crippen LogP contribution in [0.25, 0.3) is 0 Å². The smallest absolute Gasteiger partial charge is 0.255 e. The highest BCUT2D eigenvalue weighted by molar-refractivity contribution is 9.10. The second-order valence-electron chi connectivity index (χ2n) is 4.15. The fraction of sp³-hybridized carbons (Fsp3) is 0.133. The second-order valence-corrected chi connectivity index (χ2v) is 5.47. The molecule has 0 aromatic heterocycles. The number of anilines is 1. The van der Waals surface area contributed by atoms with E-state index >= 15 is 0 Å². The summed E-state index contributed by atoms with van der Waals surface area (Å²) in [5, 5.41) is 3.19. The highest BCUT2D eigenvalue weighted by atomic mass is 79.9. The number of rotatable bonds is 4. The van der Waals surface area contributed by atoms with E-state index in [4.69, 9.17) is 21.1 Å². The van der Waals surface area contributed by atoms with Gasteiger partial charge < -0.3 is 14.8 Å². The Kier molecular flexibility index (Phi) is 5.09. The minimum Gasteiger partial charge on any atom is -0.495 e. The summed E-state index contributed by atoms with van der Waals surface area (Å²) in [6, 6.07) is 10.3. The van der Waals surface area contributed by atoms with Gasteiger partial charge in [0.15, 0.2) is 0 Å². The molecular weight excluding hydrogens is 358 g/mol. The lowest BCUT2D eigenvalue weighted by Gasteiger charge is -2.13. The molecule has 0 spiro atoms. The van der Waals surface area contributed by atoms with Crippen LogP contribution in [0.2, 0.25) is 5.02 Å². The third kappa shape index (κ3) is 3.68. The second kappa shape index (κ2) is 6.83. The Bertz CT molecular complexity index is 659. The predicted molar refractivity (Wildman–Crippen MR) is 86.7 cm³/mol. The first kappa shape index (κ1) is 15.7. The van der Waals surface area contributed by atoms with Crippen molar-refractivity contribution in [3.05, 3.63) is 51.5 Å². The zero-order valence-electron chi connectivity index (χ0n) is 11.4. The lowest BCUT2D eigenvalue weighted by atomic mass is 10.2. The number of hydrogen-bond donors (Lipinski definition) is 1. The summed E-state index contributed by atoms with van der Waals surface area (Å²) in [5.41, 5.74) is 1.03. The number of hydrogen-bond acceptors (Lipinski definition) is 3. The fourth-order valence-corrected chi connectivity index (χ4v) is 2.25. The summed E-state index contributed by atoms with van der Waals surface area (Å²) >= 11 is 9.36. The molecule has 4 nitrogen and oxygen atoms in total. The molecule has 110 valence electrons. The summed E-state index contributed by atoms with van der Waals surface area (Å²) in [6.45, 7) is 0. The van der Waals surface area contributed by atoms with Crippen molar-refractivity contribution in [3.63, 3.8) is 0 Å². The SMILES string of the molecule is COc1cc(NC(=O)c2ccc(Br)cc2)c(OC)cc1Cl. The Balaban J connectivity index is 2.29. The summed E-state index contributed by atoms with van der Waals surface area (Å²) in [7, 11) is 3.02. The van der Waals surface area contributed by atoms with E-state index in [0.717, 1.165) is 4.47 Å². The minimum atomic E-state index is -0.245. The van der Waals surface area contributed by atoms with Crippen LogP contribution in [0.5, 0.6) is 11.5 Å². The predicted octanol–water partition coefficient (Wildman–Crippen LogP) is 4.37. The van der Waals surface area contributed by atoms with Gasteiger partial charge in [-0.2, -0.15) is 0 Å². The molecule has 0 aliphatic carbocycles. The molecule has 0 bridgehead atoms. The molecule has 0 atom stereocenters. The normalized spacial score (nSPS) is 10.1. The molecule has 2 rings (SSSR count). The monoisotopic (exact) mass is 369 g/mol. The van der Waals surface area contributed by atoms with Gasteiger partial charge >= 0.3 is 0 Å². The maximum Gasteiger partial charge on any atom is 0.255 e. The van der Waals surface area contributed by atoms with Crippen LogP contribution in [0, 0.1) is 0 Å². The lowest BCUT2D eigenvalue weighted by Crippen LogP contribution is -2.12. The number of methoxy groups -OCH3 is 2. The Morgan fingerprint density at radius 2 is 1.71 bits per heavy atom. The van der Waals surface area contributed by atoms with Gasteiger partial charge in [0, 0.05) is 22.2 Å². The molecule has 6 heteroatoms. The number of halogens is 2. The van der Waals surface area contributed by atoms with E-state index in [1.165, 1.54) is 14.2 Å². The average Bonchev–Trinajstić information content (AvgIpc) is 2.49. The molecule has 0 aliphatic heterocycles. The number of benzene rings is 2. The van der Waals surface area contributed by atoms with Crippen LogP contribution in [0.4, 0.5) is 5.69 Å². The van der Waals surface area contributed by atoms with Crippen LogP contribution in [-0.4, -0.2) is 20.1 Å². The summed E-state index contributed by atoms with van der Waals surface area (Å²) in [4.78, 5) is 12.2. The molecule has 0 heterocycles. The quantitative estimate of drug-likeness (QED) is 0.869. The zero-order valence-corrected chi connectivity index (χ0v) is 13.8. The van der Waals surface area contributed by atoms with Crippen molar-refractivity contribution >= 4 is 39.1 Å². The molecule has 1 amide bonds. The number of carbonyl (C=O) groups excluding carboxylic acids is 1. The molecule has 0 fully saturated rings. The average molecular weight is 371 g/mol. The van der Waals surface area contributed by atoms with Crippen molar-refractivity contribution in [2.24, 2.45) is 0 Å². The molecule has 0 radical (unpaired) electrons. The Morgan fingerprint density at radius 1 is 1.10 bits per heavy atom. The van der Waals surface area contributed by atoms with Crippen molar-refractivity contribution in [3.8, 4) is 11.5 Å². The molecule has 0 saturated heterocycles.